The maximum absolute atomic E-state index is 12.3. The van der Waals surface area contributed by atoms with Gasteiger partial charge in [-0.05, 0) is 32.6 Å². The number of likely N-dealkylation sites (tertiary alicyclic amines) is 1. The van der Waals surface area contributed by atoms with Gasteiger partial charge in [0.1, 0.15) is 11.5 Å². The number of carbonyl (C=O) groups is 1. The molecule has 5 nitrogen and oxygen atoms in total. The van der Waals surface area contributed by atoms with E-state index in [9.17, 15) is 4.79 Å². The van der Waals surface area contributed by atoms with Crippen molar-refractivity contribution in [2.75, 3.05) is 6.54 Å². The van der Waals surface area contributed by atoms with Crippen LogP contribution in [0.1, 0.15) is 56.0 Å². The van der Waals surface area contributed by atoms with Crippen molar-refractivity contribution in [1.82, 2.24) is 15.4 Å². The van der Waals surface area contributed by atoms with Crippen LogP contribution in [0, 0.1) is 6.92 Å². The monoisotopic (exact) mass is 263 g/mol. The van der Waals surface area contributed by atoms with Crippen LogP contribution < -0.4 is 5.32 Å². The average Bonchev–Trinajstić information content (AvgIpc) is 3.07. The lowest BCUT2D eigenvalue weighted by molar-refractivity contribution is 0.187. The third-order valence-corrected chi connectivity index (χ3v) is 4.18. The highest BCUT2D eigenvalue weighted by atomic mass is 16.5. The Kier molecular flexibility index (Phi) is 3.44. The van der Waals surface area contributed by atoms with Gasteiger partial charge in [0, 0.05) is 18.7 Å². The summed E-state index contributed by atoms with van der Waals surface area (Å²) in [6.07, 6.45) is 6.72. The fourth-order valence-electron chi connectivity index (χ4n) is 3.19. The normalized spacial score (nSPS) is 24.1. The molecular formula is C14H21N3O2. The maximum atomic E-state index is 12.3. The van der Waals surface area contributed by atoms with Crippen molar-refractivity contribution in [1.29, 1.82) is 0 Å². The van der Waals surface area contributed by atoms with Gasteiger partial charge in [-0.25, -0.2) is 4.79 Å². The number of amides is 2. The van der Waals surface area contributed by atoms with Crippen molar-refractivity contribution in [3.05, 3.63) is 17.5 Å². The number of carbonyl (C=O) groups excluding carboxylic acids is 1. The van der Waals surface area contributed by atoms with Gasteiger partial charge in [0.15, 0.2) is 0 Å². The van der Waals surface area contributed by atoms with Crippen LogP contribution in [0.3, 0.4) is 0 Å². The van der Waals surface area contributed by atoms with E-state index in [2.05, 4.69) is 10.5 Å². The second-order valence-corrected chi connectivity index (χ2v) is 5.64. The van der Waals surface area contributed by atoms with E-state index in [0.717, 1.165) is 43.7 Å². The first-order chi connectivity index (χ1) is 9.24. The van der Waals surface area contributed by atoms with Gasteiger partial charge in [0.05, 0.1) is 6.04 Å². The van der Waals surface area contributed by atoms with Crippen LogP contribution >= 0.6 is 0 Å². The molecular weight excluding hydrogens is 242 g/mol. The van der Waals surface area contributed by atoms with E-state index >= 15 is 0 Å². The molecule has 104 valence electrons. The molecule has 2 fully saturated rings. The lowest BCUT2D eigenvalue weighted by atomic mass is 10.1. The number of urea groups is 1. The molecule has 1 unspecified atom stereocenters. The van der Waals surface area contributed by atoms with Gasteiger partial charge >= 0.3 is 6.03 Å². The first-order valence-electron chi connectivity index (χ1n) is 7.24. The number of nitrogens with zero attached hydrogens (tertiary/aromatic N) is 2. The molecule has 2 heterocycles. The van der Waals surface area contributed by atoms with Crippen LogP contribution in [0.5, 0.6) is 0 Å². The quantitative estimate of drug-likeness (QED) is 0.892. The smallest absolute Gasteiger partial charge is 0.318 e. The molecule has 2 aliphatic rings. The van der Waals surface area contributed by atoms with Gasteiger partial charge in [0.2, 0.25) is 0 Å². The zero-order chi connectivity index (χ0) is 13.2. The number of hydrogen-bond donors (Lipinski definition) is 1. The van der Waals surface area contributed by atoms with Crippen molar-refractivity contribution >= 4 is 6.03 Å². The van der Waals surface area contributed by atoms with E-state index in [1.807, 2.05) is 17.9 Å². The summed E-state index contributed by atoms with van der Waals surface area (Å²) in [4.78, 5) is 14.3. The van der Waals surface area contributed by atoms with E-state index in [0.29, 0.717) is 6.04 Å². The molecule has 1 aromatic rings. The fraction of sp³-hybridized carbons (Fsp3) is 0.714. The van der Waals surface area contributed by atoms with Gasteiger partial charge in [-0.3, -0.25) is 0 Å². The van der Waals surface area contributed by atoms with Crippen molar-refractivity contribution in [2.45, 2.75) is 57.5 Å². The summed E-state index contributed by atoms with van der Waals surface area (Å²) in [5, 5.41) is 7.22. The van der Waals surface area contributed by atoms with Crippen LogP contribution in [0.2, 0.25) is 0 Å². The summed E-state index contributed by atoms with van der Waals surface area (Å²) < 4.78 is 5.13. The Bertz CT molecular complexity index is 451. The minimum Gasteiger partial charge on any atom is -0.361 e. The van der Waals surface area contributed by atoms with Crippen molar-refractivity contribution < 1.29 is 9.32 Å². The van der Waals surface area contributed by atoms with Crippen LogP contribution in [0.15, 0.2) is 10.6 Å². The highest BCUT2D eigenvalue weighted by Crippen LogP contribution is 2.31. The lowest BCUT2D eigenvalue weighted by Gasteiger charge is -2.25. The summed E-state index contributed by atoms with van der Waals surface area (Å²) in [6, 6.07) is 2.45. The Labute approximate surface area is 113 Å². The molecule has 1 aliphatic heterocycles. The summed E-state index contributed by atoms with van der Waals surface area (Å²) in [5.41, 5.74) is 0.886. The minimum absolute atomic E-state index is 0.0649. The van der Waals surface area contributed by atoms with Crippen molar-refractivity contribution in [3.8, 4) is 0 Å². The van der Waals surface area contributed by atoms with Crippen molar-refractivity contribution in [3.63, 3.8) is 0 Å². The van der Waals surface area contributed by atoms with Crippen LogP contribution in [-0.2, 0) is 0 Å². The molecule has 0 bridgehead atoms. The zero-order valence-corrected chi connectivity index (χ0v) is 11.4. The molecule has 1 aromatic heterocycles. The molecule has 1 saturated carbocycles. The number of nitrogens with one attached hydrogen (secondary N) is 1. The molecule has 5 heteroatoms. The van der Waals surface area contributed by atoms with Crippen molar-refractivity contribution in [2.24, 2.45) is 0 Å². The third kappa shape index (κ3) is 2.60. The molecule has 1 atom stereocenters. The van der Waals surface area contributed by atoms with E-state index in [-0.39, 0.29) is 12.1 Å². The minimum atomic E-state index is 0.0649. The Morgan fingerprint density at radius 1 is 1.37 bits per heavy atom. The Balaban J connectivity index is 1.66. The number of hydrogen-bond acceptors (Lipinski definition) is 3. The highest BCUT2D eigenvalue weighted by molar-refractivity contribution is 5.75. The lowest BCUT2D eigenvalue weighted by Crippen LogP contribution is -2.43. The Morgan fingerprint density at radius 2 is 2.16 bits per heavy atom. The molecule has 19 heavy (non-hydrogen) atoms. The molecule has 0 aromatic carbocycles. The topological polar surface area (TPSA) is 58.4 Å². The predicted molar refractivity (Wildman–Crippen MR) is 70.7 cm³/mol. The summed E-state index contributed by atoms with van der Waals surface area (Å²) in [5.74, 6) is 0.804. The average molecular weight is 263 g/mol. The zero-order valence-electron chi connectivity index (χ0n) is 11.4. The van der Waals surface area contributed by atoms with Gasteiger partial charge in [-0.1, -0.05) is 18.0 Å². The summed E-state index contributed by atoms with van der Waals surface area (Å²) in [6.45, 7) is 2.70. The first-order valence-corrected chi connectivity index (χ1v) is 7.24. The van der Waals surface area contributed by atoms with Gasteiger partial charge in [-0.15, -0.1) is 0 Å². The Hall–Kier alpha value is -1.52. The van der Waals surface area contributed by atoms with E-state index in [1.54, 1.807) is 0 Å². The molecule has 1 aliphatic carbocycles. The van der Waals surface area contributed by atoms with E-state index in [1.165, 1.54) is 12.8 Å². The molecule has 0 radical (unpaired) electrons. The molecule has 1 N–H and O–H groups in total. The molecule has 1 saturated heterocycles. The fourth-order valence-corrected chi connectivity index (χ4v) is 3.19. The van der Waals surface area contributed by atoms with Gasteiger partial charge < -0.3 is 14.7 Å². The summed E-state index contributed by atoms with van der Waals surface area (Å²) in [7, 11) is 0. The third-order valence-electron chi connectivity index (χ3n) is 4.18. The number of aromatic nitrogens is 1. The van der Waals surface area contributed by atoms with Gasteiger partial charge in [-0.2, -0.15) is 0 Å². The maximum Gasteiger partial charge on any atom is 0.318 e. The first kappa shape index (κ1) is 12.5. The predicted octanol–water partition coefficient (Wildman–Crippen LogP) is 2.77. The van der Waals surface area contributed by atoms with Crippen LogP contribution in [0.4, 0.5) is 4.79 Å². The van der Waals surface area contributed by atoms with Crippen LogP contribution in [0.25, 0.3) is 0 Å². The Morgan fingerprint density at radius 3 is 2.84 bits per heavy atom. The second-order valence-electron chi connectivity index (χ2n) is 5.64. The largest absolute Gasteiger partial charge is 0.361 e. The van der Waals surface area contributed by atoms with E-state index in [4.69, 9.17) is 4.52 Å². The van der Waals surface area contributed by atoms with Crippen LogP contribution in [-0.4, -0.2) is 28.7 Å². The molecule has 2 amide bonds. The highest BCUT2D eigenvalue weighted by Gasteiger charge is 2.33. The van der Waals surface area contributed by atoms with E-state index < -0.39 is 0 Å². The number of aryl methyl sites for hydroxylation is 1. The second kappa shape index (κ2) is 5.23. The molecule has 3 rings (SSSR count). The van der Waals surface area contributed by atoms with Gasteiger partial charge in [0.25, 0.3) is 0 Å². The molecule has 0 spiro atoms. The SMILES string of the molecule is Cc1cc(C2CCCN2C(=O)NC2CCCC2)no1. The summed E-state index contributed by atoms with van der Waals surface area (Å²) >= 11 is 0. The standard InChI is InChI=1S/C14H21N3O2/c1-10-9-12(16-19-10)13-7-4-8-17(13)14(18)15-11-5-2-3-6-11/h9,11,13H,2-8H2,1H3,(H,15,18). The number of rotatable bonds is 2.